The van der Waals surface area contributed by atoms with Gasteiger partial charge in [0.25, 0.3) is 0 Å². The highest BCUT2D eigenvalue weighted by Crippen LogP contribution is 2.47. The molecule has 1 unspecified atom stereocenters. The van der Waals surface area contributed by atoms with Crippen LogP contribution in [0.15, 0.2) is 35.3 Å². The van der Waals surface area contributed by atoms with Crippen LogP contribution in [-0.2, 0) is 10.2 Å². The lowest BCUT2D eigenvalue weighted by Gasteiger charge is -2.26. The highest BCUT2D eigenvalue weighted by molar-refractivity contribution is 14.0. The number of hydrogen-bond donors (Lipinski definition) is 1. The summed E-state index contributed by atoms with van der Waals surface area (Å²) in [6.07, 6.45) is 3.69. The van der Waals surface area contributed by atoms with Crippen LogP contribution in [0.25, 0.3) is 0 Å². The summed E-state index contributed by atoms with van der Waals surface area (Å²) in [5.74, 6) is 1.63. The van der Waals surface area contributed by atoms with Gasteiger partial charge in [0.2, 0.25) is 0 Å². The number of hydrogen-bond acceptors (Lipinski definition) is 2. The molecule has 0 spiro atoms. The summed E-state index contributed by atoms with van der Waals surface area (Å²) in [7, 11) is 3.99. The predicted molar refractivity (Wildman–Crippen MR) is 106 cm³/mol. The van der Waals surface area contributed by atoms with Crippen molar-refractivity contribution in [3.05, 3.63) is 35.9 Å². The minimum absolute atomic E-state index is 0. The number of benzene rings is 1. The summed E-state index contributed by atoms with van der Waals surface area (Å²) < 4.78 is 5.47. The third kappa shape index (κ3) is 4.59. The molecule has 1 aromatic carbocycles. The van der Waals surface area contributed by atoms with Crippen LogP contribution in [0.3, 0.4) is 0 Å². The van der Waals surface area contributed by atoms with Gasteiger partial charge in [0.05, 0.1) is 6.61 Å². The lowest BCUT2D eigenvalue weighted by atomic mass is 9.96. The van der Waals surface area contributed by atoms with Gasteiger partial charge in [0.1, 0.15) is 0 Å². The molecule has 0 aromatic heterocycles. The molecule has 3 rings (SSSR count). The van der Waals surface area contributed by atoms with Gasteiger partial charge in [0, 0.05) is 45.1 Å². The van der Waals surface area contributed by atoms with Crippen LogP contribution in [0.4, 0.5) is 0 Å². The summed E-state index contributed by atoms with van der Waals surface area (Å²) in [6, 6.07) is 10.9. The number of ether oxygens (including phenoxy) is 1. The summed E-state index contributed by atoms with van der Waals surface area (Å²) in [6.45, 7) is 3.77. The number of nitrogens with zero attached hydrogens (tertiary/aromatic N) is 2. The number of guanidine groups is 1. The van der Waals surface area contributed by atoms with E-state index >= 15 is 0 Å². The highest BCUT2D eigenvalue weighted by atomic mass is 127. The molecule has 0 bridgehead atoms. The quantitative estimate of drug-likeness (QED) is 0.445. The summed E-state index contributed by atoms with van der Waals surface area (Å²) in [4.78, 5) is 6.68. The zero-order valence-electron chi connectivity index (χ0n) is 14.1. The van der Waals surface area contributed by atoms with E-state index in [0.717, 1.165) is 38.7 Å². The van der Waals surface area contributed by atoms with Crippen molar-refractivity contribution in [1.82, 2.24) is 10.2 Å². The molecule has 1 aliphatic heterocycles. The fourth-order valence-corrected chi connectivity index (χ4v) is 3.34. The molecule has 1 aromatic rings. The maximum Gasteiger partial charge on any atom is 0.193 e. The maximum atomic E-state index is 5.47. The Morgan fingerprint density at radius 2 is 2.09 bits per heavy atom. The van der Waals surface area contributed by atoms with Gasteiger partial charge < -0.3 is 15.0 Å². The van der Waals surface area contributed by atoms with E-state index in [1.807, 2.05) is 7.05 Å². The van der Waals surface area contributed by atoms with Crippen molar-refractivity contribution < 1.29 is 4.74 Å². The molecule has 2 fully saturated rings. The molecule has 5 heteroatoms. The minimum Gasteiger partial charge on any atom is -0.381 e. The Hall–Kier alpha value is -0.820. The van der Waals surface area contributed by atoms with Crippen LogP contribution in [0.5, 0.6) is 0 Å². The lowest BCUT2D eigenvalue weighted by Crippen LogP contribution is -2.44. The van der Waals surface area contributed by atoms with E-state index in [1.165, 1.54) is 18.4 Å². The smallest absolute Gasteiger partial charge is 0.193 e. The van der Waals surface area contributed by atoms with E-state index in [2.05, 4.69) is 52.6 Å². The molecular formula is C18H28IN3O. The molecule has 1 saturated carbocycles. The Kier molecular flexibility index (Phi) is 6.71. The predicted octanol–water partition coefficient (Wildman–Crippen LogP) is 2.88. The Bertz CT molecular complexity index is 510. The second-order valence-corrected chi connectivity index (χ2v) is 6.66. The van der Waals surface area contributed by atoms with Gasteiger partial charge in [-0.15, -0.1) is 24.0 Å². The van der Waals surface area contributed by atoms with Crippen LogP contribution in [0.1, 0.15) is 24.8 Å². The number of aliphatic imine (C=N–C) groups is 1. The third-order valence-corrected chi connectivity index (χ3v) is 4.95. The van der Waals surface area contributed by atoms with E-state index in [9.17, 15) is 0 Å². The standard InChI is InChI=1S/C18H27N3O.HI/c1-19-17(21(2)12-15-8-11-22-13-15)20-14-18(9-10-18)16-6-4-3-5-7-16;/h3-7,15H,8-14H2,1-2H3,(H,19,20);1H. The fourth-order valence-electron chi connectivity index (χ4n) is 3.34. The second-order valence-electron chi connectivity index (χ2n) is 6.66. The Morgan fingerprint density at radius 1 is 1.35 bits per heavy atom. The van der Waals surface area contributed by atoms with Gasteiger partial charge in [-0.25, -0.2) is 0 Å². The summed E-state index contributed by atoms with van der Waals surface area (Å²) >= 11 is 0. The number of halogens is 1. The molecule has 0 amide bonds. The zero-order valence-corrected chi connectivity index (χ0v) is 16.5. The average Bonchev–Trinajstić information content (AvgIpc) is 3.17. The molecule has 1 aliphatic carbocycles. The molecule has 1 heterocycles. The topological polar surface area (TPSA) is 36.9 Å². The zero-order chi connectivity index (χ0) is 15.4. The molecule has 0 radical (unpaired) electrons. The van der Waals surface area contributed by atoms with Gasteiger partial charge in [-0.2, -0.15) is 0 Å². The highest BCUT2D eigenvalue weighted by Gasteiger charge is 2.44. The normalized spacial score (nSPS) is 22.3. The molecule has 4 nitrogen and oxygen atoms in total. The van der Waals surface area contributed by atoms with E-state index in [1.54, 1.807) is 0 Å². The first kappa shape index (κ1) is 18.5. The lowest BCUT2D eigenvalue weighted by molar-refractivity contribution is 0.181. The molecule has 23 heavy (non-hydrogen) atoms. The summed E-state index contributed by atoms with van der Waals surface area (Å²) in [5, 5.41) is 3.58. The molecule has 128 valence electrons. The maximum absolute atomic E-state index is 5.47. The van der Waals surface area contributed by atoms with E-state index in [-0.39, 0.29) is 24.0 Å². The van der Waals surface area contributed by atoms with E-state index in [0.29, 0.717) is 11.3 Å². The van der Waals surface area contributed by atoms with Crippen molar-refractivity contribution in [2.24, 2.45) is 10.9 Å². The number of nitrogens with one attached hydrogen (secondary N) is 1. The van der Waals surface area contributed by atoms with Gasteiger partial charge >= 0.3 is 0 Å². The van der Waals surface area contributed by atoms with E-state index < -0.39 is 0 Å². The van der Waals surface area contributed by atoms with Crippen molar-refractivity contribution in [2.75, 3.05) is 40.4 Å². The van der Waals surface area contributed by atoms with Crippen molar-refractivity contribution in [2.45, 2.75) is 24.7 Å². The van der Waals surface area contributed by atoms with Crippen LogP contribution in [0, 0.1) is 5.92 Å². The van der Waals surface area contributed by atoms with Crippen LogP contribution in [-0.4, -0.2) is 51.3 Å². The Labute approximate surface area is 156 Å². The Balaban J connectivity index is 0.00000192. The first-order valence-corrected chi connectivity index (χ1v) is 8.28. The Morgan fingerprint density at radius 3 is 2.65 bits per heavy atom. The SMILES string of the molecule is CN=C(NCC1(c2ccccc2)CC1)N(C)CC1CCOC1.I. The van der Waals surface area contributed by atoms with Gasteiger partial charge in [-0.3, -0.25) is 4.99 Å². The van der Waals surface area contributed by atoms with Gasteiger partial charge in [-0.1, -0.05) is 30.3 Å². The summed E-state index contributed by atoms with van der Waals surface area (Å²) in [5.41, 5.74) is 1.76. The van der Waals surface area contributed by atoms with Crippen LogP contribution < -0.4 is 5.32 Å². The largest absolute Gasteiger partial charge is 0.381 e. The minimum atomic E-state index is 0. The molecule has 1 saturated heterocycles. The molecule has 1 N–H and O–H groups in total. The van der Waals surface area contributed by atoms with Crippen LogP contribution >= 0.6 is 24.0 Å². The monoisotopic (exact) mass is 429 g/mol. The first-order valence-electron chi connectivity index (χ1n) is 8.28. The molecular weight excluding hydrogens is 401 g/mol. The third-order valence-electron chi connectivity index (χ3n) is 4.95. The molecule has 1 atom stereocenters. The van der Waals surface area contributed by atoms with Crippen molar-refractivity contribution >= 4 is 29.9 Å². The first-order chi connectivity index (χ1) is 10.7. The fraction of sp³-hybridized carbons (Fsp3) is 0.611. The molecule has 2 aliphatic rings. The average molecular weight is 429 g/mol. The van der Waals surface area contributed by atoms with Gasteiger partial charge in [-0.05, 0) is 24.8 Å². The van der Waals surface area contributed by atoms with Gasteiger partial charge in [0.15, 0.2) is 5.96 Å². The number of rotatable bonds is 5. The van der Waals surface area contributed by atoms with Crippen LogP contribution in [0.2, 0.25) is 0 Å². The van der Waals surface area contributed by atoms with Crippen molar-refractivity contribution in [3.63, 3.8) is 0 Å². The van der Waals surface area contributed by atoms with Crippen molar-refractivity contribution in [1.29, 1.82) is 0 Å². The second kappa shape index (κ2) is 8.33. The van der Waals surface area contributed by atoms with E-state index in [4.69, 9.17) is 4.74 Å². The van der Waals surface area contributed by atoms with Crippen molar-refractivity contribution in [3.8, 4) is 0 Å².